The van der Waals surface area contributed by atoms with Crippen LogP contribution in [0.25, 0.3) is 0 Å². The van der Waals surface area contributed by atoms with Gasteiger partial charge in [-0.3, -0.25) is 0 Å². The van der Waals surface area contributed by atoms with Gasteiger partial charge in [0.2, 0.25) is 0 Å². The smallest absolute Gasteiger partial charge is 0.161 e. The Morgan fingerprint density at radius 2 is 1.86 bits per heavy atom. The summed E-state index contributed by atoms with van der Waals surface area (Å²) in [6.07, 6.45) is 0.767. The molecule has 0 bridgehead atoms. The Hall–Kier alpha value is -1.78. The lowest BCUT2D eigenvalue weighted by Crippen LogP contribution is -2.04. The third kappa shape index (κ3) is 4.09. The van der Waals surface area contributed by atoms with Crippen LogP contribution in [-0.4, -0.2) is 13.7 Å². The Bertz CT molecular complexity index is 619. The van der Waals surface area contributed by atoms with E-state index in [2.05, 4.69) is 0 Å². The van der Waals surface area contributed by atoms with E-state index >= 15 is 0 Å². The molecule has 0 aliphatic carbocycles. The minimum Gasteiger partial charge on any atom is -0.493 e. The summed E-state index contributed by atoms with van der Waals surface area (Å²) in [5.41, 5.74) is 7.41. The maximum absolute atomic E-state index is 13.1. The Balaban J connectivity index is 2.13. The van der Waals surface area contributed by atoms with E-state index < -0.39 is 5.82 Å². The second-order valence-corrected chi connectivity index (χ2v) is 4.97. The van der Waals surface area contributed by atoms with E-state index in [0.29, 0.717) is 18.0 Å². The molecular formula is C16H17ClFNO2. The van der Waals surface area contributed by atoms with Crippen molar-refractivity contribution in [3.63, 3.8) is 0 Å². The van der Waals surface area contributed by atoms with Crippen LogP contribution in [0.3, 0.4) is 0 Å². The molecule has 0 atom stereocenters. The molecule has 0 radical (unpaired) electrons. The molecule has 2 aromatic rings. The Morgan fingerprint density at radius 3 is 2.52 bits per heavy atom. The van der Waals surface area contributed by atoms with Gasteiger partial charge in [-0.2, -0.15) is 0 Å². The first-order valence-corrected chi connectivity index (χ1v) is 6.95. The fourth-order valence-electron chi connectivity index (χ4n) is 1.95. The maximum atomic E-state index is 13.1. The molecule has 2 aromatic carbocycles. The van der Waals surface area contributed by atoms with Gasteiger partial charge in [-0.25, -0.2) is 4.39 Å². The molecule has 0 unspecified atom stereocenters. The van der Waals surface area contributed by atoms with Crippen molar-refractivity contribution in [2.24, 2.45) is 5.73 Å². The quantitative estimate of drug-likeness (QED) is 0.887. The minimum absolute atomic E-state index is 0.0833. The summed E-state index contributed by atoms with van der Waals surface area (Å²) in [4.78, 5) is 0. The average Bonchev–Trinajstić information content (AvgIpc) is 2.49. The summed E-state index contributed by atoms with van der Waals surface area (Å²) in [6, 6.07) is 10.2. The molecule has 0 amide bonds. The zero-order valence-corrected chi connectivity index (χ0v) is 12.5. The zero-order chi connectivity index (χ0) is 15.2. The number of benzene rings is 2. The number of ether oxygens (including phenoxy) is 2. The molecular weight excluding hydrogens is 293 g/mol. The first kappa shape index (κ1) is 15.6. The van der Waals surface area contributed by atoms with Crippen molar-refractivity contribution in [1.29, 1.82) is 0 Å². The molecule has 0 aromatic heterocycles. The van der Waals surface area contributed by atoms with E-state index in [-0.39, 0.29) is 11.6 Å². The van der Waals surface area contributed by atoms with Crippen molar-refractivity contribution in [2.75, 3.05) is 13.7 Å². The fraction of sp³-hybridized carbons (Fsp3) is 0.250. The van der Waals surface area contributed by atoms with Crippen LogP contribution >= 0.6 is 11.6 Å². The van der Waals surface area contributed by atoms with Gasteiger partial charge >= 0.3 is 0 Å². The SMILES string of the molecule is COc1ccc(CCN)cc1OCc1ccc(F)c(Cl)c1. The summed E-state index contributed by atoms with van der Waals surface area (Å²) in [7, 11) is 1.58. The molecule has 0 aliphatic rings. The number of methoxy groups -OCH3 is 1. The molecule has 0 saturated heterocycles. The Morgan fingerprint density at radius 1 is 1.10 bits per heavy atom. The van der Waals surface area contributed by atoms with Gasteiger partial charge in [-0.05, 0) is 48.4 Å². The molecule has 0 heterocycles. The van der Waals surface area contributed by atoms with E-state index in [4.69, 9.17) is 26.8 Å². The number of hydrogen-bond donors (Lipinski definition) is 1. The molecule has 5 heteroatoms. The monoisotopic (exact) mass is 309 g/mol. The molecule has 0 spiro atoms. The van der Waals surface area contributed by atoms with Gasteiger partial charge in [0.15, 0.2) is 11.5 Å². The van der Waals surface area contributed by atoms with Crippen LogP contribution < -0.4 is 15.2 Å². The topological polar surface area (TPSA) is 44.5 Å². The third-order valence-corrected chi connectivity index (χ3v) is 3.33. The number of hydrogen-bond acceptors (Lipinski definition) is 3. The molecule has 3 nitrogen and oxygen atoms in total. The molecule has 0 saturated carbocycles. The van der Waals surface area contributed by atoms with Crippen molar-refractivity contribution in [3.05, 3.63) is 58.4 Å². The first-order valence-electron chi connectivity index (χ1n) is 6.57. The van der Waals surface area contributed by atoms with Gasteiger partial charge in [-0.1, -0.05) is 23.7 Å². The van der Waals surface area contributed by atoms with Crippen LogP contribution in [0, 0.1) is 5.82 Å². The average molecular weight is 310 g/mol. The van der Waals surface area contributed by atoms with E-state index in [1.807, 2.05) is 18.2 Å². The van der Waals surface area contributed by atoms with Crippen molar-refractivity contribution in [1.82, 2.24) is 0 Å². The molecule has 112 valence electrons. The van der Waals surface area contributed by atoms with Crippen molar-refractivity contribution in [3.8, 4) is 11.5 Å². The van der Waals surface area contributed by atoms with E-state index in [1.54, 1.807) is 19.2 Å². The summed E-state index contributed by atoms with van der Waals surface area (Å²) >= 11 is 5.75. The molecule has 2 rings (SSSR count). The van der Waals surface area contributed by atoms with Crippen LogP contribution in [0.15, 0.2) is 36.4 Å². The summed E-state index contributed by atoms with van der Waals surface area (Å²) < 4.78 is 24.1. The summed E-state index contributed by atoms with van der Waals surface area (Å²) in [5.74, 6) is 0.829. The molecule has 0 fully saturated rings. The molecule has 21 heavy (non-hydrogen) atoms. The standard InChI is InChI=1S/C16H17ClFNO2/c1-20-15-5-3-11(6-7-19)9-16(15)21-10-12-2-4-14(18)13(17)8-12/h2-5,8-9H,6-7,10,19H2,1H3. The second kappa shape index (κ2) is 7.29. The van der Waals surface area contributed by atoms with Crippen molar-refractivity contribution < 1.29 is 13.9 Å². The van der Waals surface area contributed by atoms with Crippen molar-refractivity contribution in [2.45, 2.75) is 13.0 Å². The third-order valence-electron chi connectivity index (χ3n) is 3.04. The molecule has 2 N–H and O–H groups in total. The second-order valence-electron chi connectivity index (χ2n) is 4.56. The highest BCUT2D eigenvalue weighted by atomic mass is 35.5. The normalized spacial score (nSPS) is 10.5. The first-order chi connectivity index (χ1) is 10.1. The lowest BCUT2D eigenvalue weighted by molar-refractivity contribution is 0.284. The predicted molar refractivity (Wildman–Crippen MR) is 81.5 cm³/mol. The Kier molecular flexibility index (Phi) is 5.42. The largest absolute Gasteiger partial charge is 0.493 e. The Labute approximate surface area is 128 Å². The fourth-order valence-corrected chi connectivity index (χ4v) is 2.15. The van der Waals surface area contributed by atoms with Gasteiger partial charge in [0.25, 0.3) is 0 Å². The minimum atomic E-state index is -0.442. The highest BCUT2D eigenvalue weighted by Gasteiger charge is 2.07. The maximum Gasteiger partial charge on any atom is 0.161 e. The van der Waals surface area contributed by atoms with Gasteiger partial charge in [0.05, 0.1) is 12.1 Å². The van der Waals surface area contributed by atoms with Crippen LogP contribution in [0.4, 0.5) is 4.39 Å². The van der Waals surface area contributed by atoms with Crippen molar-refractivity contribution >= 4 is 11.6 Å². The lowest BCUT2D eigenvalue weighted by atomic mass is 10.1. The highest BCUT2D eigenvalue weighted by Crippen LogP contribution is 2.29. The van der Waals surface area contributed by atoms with Crippen LogP contribution in [0.1, 0.15) is 11.1 Å². The van der Waals surface area contributed by atoms with Gasteiger partial charge in [0.1, 0.15) is 12.4 Å². The van der Waals surface area contributed by atoms with Gasteiger partial charge in [-0.15, -0.1) is 0 Å². The van der Waals surface area contributed by atoms with E-state index in [1.165, 1.54) is 6.07 Å². The van der Waals surface area contributed by atoms with E-state index in [0.717, 1.165) is 17.5 Å². The van der Waals surface area contributed by atoms with Crippen LogP contribution in [0.2, 0.25) is 5.02 Å². The number of halogens is 2. The van der Waals surface area contributed by atoms with Crippen LogP contribution in [-0.2, 0) is 13.0 Å². The highest BCUT2D eigenvalue weighted by molar-refractivity contribution is 6.30. The van der Waals surface area contributed by atoms with E-state index in [9.17, 15) is 4.39 Å². The zero-order valence-electron chi connectivity index (χ0n) is 11.7. The van der Waals surface area contributed by atoms with Gasteiger partial charge < -0.3 is 15.2 Å². The number of nitrogens with two attached hydrogens (primary N) is 1. The summed E-state index contributed by atoms with van der Waals surface area (Å²) in [6.45, 7) is 0.849. The lowest BCUT2D eigenvalue weighted by Gasteiger charge is -2.12. The predicted octanol–water partition coefficient (Wildman–Crippen LogP) is 3.57. The number of rotatable bonds is 6. The van der Waals surface area contributed by atoms with Gasteiger partial charge in [0, 0.05) is 0 Å². The van der Waals surface area contributed by atoms with Crippen LogP contribution in [0.5, 0.6) is 11.5 Å². The summed E-state index contributed by atoms with van der Waals surface area (Å²) in [5, 5.41) is 0.0833. The molecule has 0 aliphatic heterocycles.